The number of rotatable bonds is 3. The topological polar surface area (TPSA) is 62.5 Å². The molecule has 0 unspecified atom stereocenters. The molecule has 2 N–H and O–H groups in total. The Kier molecular flexibility index (Phi) is 2.70. The average Bonchev–Trinajstić information content (AvgIpc) is 2.97. The number of anilines is 1. The van der Waals surface area contributed by atoms with Crippen molar-refractivity contribution >= 4 is 11.6 Å². The fourth-order valence-corrected chi connectivity index (χ4v) is 2.70. The van der Waals surface area contributed by atoms with Gasteiger partial charge in [0, 0.05) is 5.69 Å². The molecule has 0 radical (unpaired) electrons. The lowest BCUT2D eigenvalue weighted by atomic mass is 9.99. The monoisotopic (exact) mass is 246 g/mol. The highest BCUT2D eigenvalue weighted by molar-refractivity contribution is 5.45. The predicted molar refractivity (Wildman–Crippen MR) is 69.6 cm³/mol. The molecule has 0 amide bonds. The van der Waals surface area contributed by atoms with Gasteiger partial charge in [-0.1, -0.05) is 18.9 Å². The highest BCUT2D eigenvalue weighted by Gasteiger charge is 2.34. The van der Waals surface area contributed by atoms with E-state index in [4.69, 9.17) is 0 Å². The fraction of sp³-hybridized carbons (Fsp3) is 0.538. The smallest absolute Gasteiger partial charge is 0.243 e. The Balaban J connectivity index is 1.93. The van der Waals surface area contributed by atoms with E-state index in [-0.39, 0.29) is 12.1 Å². The molecule has 5 heteroatoms. The second kappa shape index (κ2) is 4.24. The van der Waals surface area contributed by atoms with Crippen molar-refractivity contribution in [1.29, 1.82) is 0 Å². The van der Waals surface area contributed by atoms with Crippen molar-refractivity contribution < 1.29 is 5.11 Å². The summed E-state index contributed by atoms with van der Waals surface area (Å²) >= 11 is 0. The summed E-state index contributed by atoms with van der Waals surface area (Å²) in [7, 11) is 0. The molecular formula is C13H18N4O. The second-order valence-electron chi connectivity index (χ2n) is 5.14. The summed E-state index contributed by atoms with van der Waals surface area (Å²) in [4.78, 5) is 4.46. The largest absolute Gasteiger partial charge is 0.394 e. The van der Waals surface area contributed by atoms with Gasteiger partial charge in [-0.15, -0.1) is 5.10 Å². The van der Waals surface area contributed by atoms with Crippen LogP contribution in [0.5, 0.6) is 0 Å². The number of nitrogens with zero attached hydrogens (tertiary/aromatic N) is 3. The van der Waals surface area contributed by atoms with Gasteiger partial charge in [-0.2, -0.15) is 4.98 Å². The molecule has 1 saturated carbocycles. The standard InChI is InChI=1S/C13H18N4O/c1-10-5-4-6-11-14-12(16-17(10)11)15-13(9-18)7-2-3-8-13/h4-6,18H,2-3,7-9H2,1H3,(H,15,16). The predicted octanol–water partition coefficient (Wildman–Crippen LogP) is 1.75. The van der Waals surface area contributed by atoms with Gasteiger partial charge in [0.25, 0.3) is 0 Å². The Hall–Kier alpha value is -1.62. The van der Waals surface area contributed by atoms with Gasteiger partial charge in [0.05, 0.1) is 12.1 Å². The summed E-state index contributed by atoms with van der Waals surface area (Å²) in [5.41, 5.74) is 1.67. The zero-order chi connectivity index (χ0) is 12.6. The van der Waals surface area contributed by atoms with E-state index < -0.39 is 0 Å². The number of hydrogen-bond donors (Lipinski definition) is 2. The van der Waals surface area contributed by atoms with Crippen LogP contribution in [0.25, 0.3) is 5.65 Å². The van der Waals surface area contributed by atoms with Crippen LogP contribution in [0.4, 0.5) is 5.95 Å². The fourth-order valence-electron chi connectivity index (χ4n) is 2.70. The van der Waals surface area contributed by atoms with E-state index in [1.54, 1.807) is 0 Å². The molecule has 1 fully saturated rings. The van der Waals surface area contributed by atoms with Crippen molar-refractivity contribution in [1.82, 2.24) is 14.6 Å². The molecule has 1 aliphatic carbocycles. The third-order valence-electron chi connectivity index (χ3n) is 3.79. The zero-order valence-electron chi connectivity index (χ0n) is 10.6. The quantitative estimate of drug-likeness (QED) is 0.866. The second-order valence-corrected chi connectivity index (χ2v) is 5.14. The van der Waals surface area contributed by atoms with Crippen molar-refractivity contribution in [2.24, 2.45) is 0 Å². The number of hydrogen-bond acceptors (Lipinski definition) is 4. The number of fused-ring (bicyclic) bond motifs is 1. The Morgan fingerprint density at radius 3 is 2.83 bits per heavy atom. The molecule has 0 spiro atoms. The van der Waals surface area contributed by atoms with E-state index in [1.165, 1.54) is 0 Å². The van der Waals surface area contributed by atoms with Crippen LogP contribution in [0.1, 0.15) is 31.4 Å². The third kappa shape index (κ3) is 1.84. The lowest BCUT2D eigenvalue weighted by Gasteiger charge is -2.26. The van der Waals surface area contributed by atoms with Crippen LogP contribution in [0.3, 0.4) is 0 Å². The molecule has 96 valence electrons. The van der Waals surface area contributed by atoms with Crippen molar-refractivity contribution in [3.63, 3.8) is 0 Å². The van der Waals surface area contributed by atoms with Gasteiger partial charge in [-0.25, -0.2) is 4.52 Å². The number of nitrogens with one attached hydrogen (secondary N) is 1. The summed E-state index contributed by atoms with van der Waals surface area (Å²) in [6, 6.07) is 5.91. The minimum atomic E-state index is -0.223. The van der Waals surface area contributed by atoms with Crippen LogP contribution in [0, 0.1) is 6.92 Å². The summed E-state index contributed by atoms with van der Waals surface area (Å²) < 4.78 is 1.82. The lowest BCUT2D eigenvalue weighted by molar-refractivity contribution is 0.213. The van der Waals surface area contributed by atoms with Crippen LogP contribution in [0.15, 0.2) is 18.2 Å². The molecule has 0 atom stereocenters. The first-order valence-electron chi connectivity index (χ1n) is 6.44. The van der Waals surface area contributed by atoms with Gasteiger partial charge in [-0.05, 0) is 31.9 Å². The number of pyridine rings is 1. The van der Waals surface area contributed by atoms with E-state index in [0.717, 1.165) is 37.0 Å². The van der Waals surface area contributed by atoms with Crippen molar-refractivity contribution in [3.05, 3.63) is 23.9 Å². The summed E-state index contributed by atoms with van der Waals surface area (Å²) in [5, 5.41) is 17.4. The normalized spacial score (nSPS) is 18.3. The molecule has 0 saturated heterocycles. The van der Waals surface area contributed by atoms with Crippen LogP contribution in [0.2, 0.25) is 0 Å². The Bertz CT molecular complexity index is 557. The maximum atomic E-state index is 9.58. The SMILES string of the molecule is Cc1cccc2nc(NC3(CO)CCCC3)nn12. The maximum absolute atomic E-state index is 9.58. The Morgan fingerprint density at radius 2 is 2.17 bits per heavy atom. The van der Waals surface area contributed by atoms with Crippen LogP contribution >= 0.6 is 0 Å². The van der Waals surface area contributed by atoms with Crippen LogP contribution in [-0.4, -0.2) is 31.9 Å². The van der Waals surface area contributed by atoms with Crippen LogP contribution < -0.4 is 5.32 Å². The van der Waals surface area contributed by atoms with E-state index in [1.807, 2.05) is 29.6 Å². The van der Waals surface area contributed by atoms with Gasteiger partial charge < -0.3 is 10.4 Å². The van der Waals surface area contributed by atoms with Crippen LogP contribution in [-0.2, 0) is 0 Å². The number of aliphatic hydroxyl groups excluding tert-OH is 1. The molecular weight excluding hydrogens is 228 g/mol. The lowest BCUT2D eigenvalue weighted by Crippen LogP contribution is -2.39. The van der Waals surface area contributed by atoms with Gasteiger partial charge >= 0.3 is 0 Å². The average molecular weight is 246 g/mol. The summed E-state index contributed by atoms with van der Waals surface area (Å²) in [6.07, 6.45) is 4.27. The number of aliphatic hydroxyl groups is 1. The van der Waals surface area contributed by atoms with Gasteiger partial charge in [0.15, 0.2) is 5.65 Å². The number of aryl methyl sites for hydroxylation is 1. The Labute approximate surface area is 106 Å². The van der Waals surface area contributed by atoms with Gasteiger partial charge in [0.2, 0.25) is 5.95 Å². The molecule has 2 aromatic rings. The first kappa shape index (κ1) is 11.5. The minimum Gasteiger partial charge on any atom is -0.394 e. The minimum absolute atomic E-state index is 0.140. The summed E-state index contributed by atoms with van der Waals surface area (Å²) in [5.74, 6) is 0.611. The molecule has 0 aliphatic heterocycles. The molecule has 2 heterocycles. The van der Waals surface area contributed by atoms with Crippen molar-refractivity contribution in [2.45, 2.75) is 38.1 Å². The molecule has 0 bridgehead atoms. The first-order valence-corrected chi connectivity index (χ1v) is 6.44. The molecule has 1 aliphatic rings. The van der Waals surface area contributed by atoms with Crippen molar-refractivity contribution in [3.8, 4) is 0 Å². The molecule has 0 aromatic carbocycles. The first-order chi connectivity index (χ1) is 8.72. The molecule has 18 heavy (non-hydrogen) atoms. The maximum Gasteiger partial charge on any atom is 0.243 e. The molecule has 2 aromatic heterocycles. The van der Waals surface area contributed by atoms with Crippen molar-refractivity contribution in [2.75, 3.05) is 11.9 Å². The van der Waals surface area contributed by atoms with E-state index in [0.29, 0.717) is 5.95 Å². The summed E-state index contributed by atoms with van der Waals surface area (Å²) in [6.45, 7) is 2.14. The molecule has 5 nitrogen and oxygen atoms in total. The van der Waals surface area contributed by atoms with E-state index >= 15 is 0 Å². The van der Waals surface area contributed by atoms with Gasteiger partial charge in [0.1, 0.15) is 0 Å². The molecule has 3 rings (SSSR count). The van der Waals surface area contributed by atoms with E-state index in [2.05, 4.69) is 15.4 Å². The highest BCUT2D eigenvalue weighted by atomic mass is 16.3. The highest BCUT2D eigenvalue weighted by Crippen LogP contribution is 2.31. The number of aromatic nitrogens is 3. The third-order valence-corrected chi connectivity index (χ3v) is 3.79. The Morgan fingerprint density at radius 1 is 1.39 bits per heavy atom. The zero-order valence-corrected chi connectivity index (χ0v) is 10.6. The van der Waals surface area contributed by atoms with Gasteiger partial charge in [-0.3, -0.25) is 0 Å². The van der Waals surface area contributed by atoms with E-state index in [9.17, 15) is 5.11 Å².